The lowest BCUT2D eigenvalue weighted by molar-refractivity contribution is -0.124. The van der Waals surface area contributed by atoms with E-state index in [1.54, 1.807) is 19.1 Å². The Morgan fingerprint density at radius 2 is 2.15 bits per heavy atom. The van der Waals surface area contributed by atoms with Gasteiger partial charge in [0.1, 0.15) is 6.04 Å². The van der Waals surface area contributed by atoms with E-state index in [0.29, 0.717) is 23.7 Å². The minimum absolute atomic E-state index is 0.139. The number of fused-ring (bicyclic) bond motifs is 1. The molecule has 1 aromatic carbocycles. The molecule has 2 unspecified atom stereocenters. The average molecular weight is 359 g/mol. The smallest absolute Gasteiger partial charge is 0.408 e. The highest BCUT2D eigenvalue weighted by Gasteiger charge is 2.25. The summed E-state index contributed by atoms with van der Waals surface area (Å²) >= 11 is 0. The normalized spacial score (nSPS) is 19.5. The number of hydrogen-bond acceptors (Lipinski definition) is 4. The Hall–Kier alpha value is -2.08. The summed E-state index contributed by atoms with van der Waals surface area (Å²) in [6.45, 7) is 6.79. The standard InChI is InChI=1S/C20H29N3O3/c1-3-4-12-22-13-8-7-9-16(22)14-21-19(24)15(2)23-17-10-5-6-11-18(17)26-20(23)25/h5-6,10-11,15-16H,3-4,7-9,12-14H2,1-2H3,(H,21,24). The molecule has 1 amide bonds. The Balaban J connectivity index is 1.65. The number of benzene rings is 1. The lowest BCUT2D eigenvalue weighted by Crippen LogP contribution is -2.48. The van der Waals surface area contributed by atoms with Crippen LogP contribution in [0.4, 0.5) is 0 Å². The van der Waals surface area contributed by atoms with Crippen LogP contribution in [0.5, 0.6) is 0 Å². The summed E-state index contributed by atoms with van der Waals surface area (Å²) in [5, 5.41) is 3.06. The number of amides is 1. The largest absolute Gasteiger partial charge is 0.420 e. The van der Waals surface area contributed by atoms with E-state index in [4.69, 9.17) is 4.42 Å². The highest BCUT2D eigenvalue weighted by atomic mass is 16.4. The number of rotatable bonds is 7. The molecule has 3 rings (SSSR count). The highest BCUT2D eigenvalue weighted by molar-refractivity contribution is 5.82. The van der Waals surface area contributed by atoms with Crippen LogP contribution in [0.1, 0.15) is 52.0 Å². The van der Waals surface area contributed by atoms with Gasteiger partial charge in [0.15, 0.2) is 5.58 Å². The molecular weight excluding hydrogens is 330 g/mol. The molecule has 1 aliphatic rings. The van der Waals surface area contributed by atoms with Crippen LogP contribution in [-0.4, -0.2) is 41.1 Å². The molecule has 142 valence electrons. The average Bonchev–Trinajstić information content (AvgIpc) is 3.00. The van der Waals surface area contributed by atoms with Gasteiger partial charge in [-0.1, -0.05) is 31.9 Å². The SMILES string of the molecule is CCCCN1CCCCC1CNC(=O)C(C)n1c(=O)oc2ccccc21. The first-order valence-electron chi connectivity index (χ1n) is 9.73. The summed E-state index contributed by atoms with van der Waals surface area (Å²) in [6, 6.07) is 6.99. The quantitative estimate of drug-likeness (QED) is 0.825. The molecule has 1 aliphatic heterocycles. The molecular formula is C20H29N3O3. The maximum absolute atomic E-state index is 12.7. The molecule has 2 aromatic rings. The van der Waals surface area contributed by atoms with Crippen LogP contribution in [0.15, 0.2) is 33.5 Å². The maximum atomic E-state index is 12.7. The molecule has 1 N–H and O–H groups in total. The monoisotopic (exact) mass is 359 g/mol. The van der Waals surface area contributed by atoms with Crippen LogP contribution >= 0.6 is 0 Å². The van der Waals surface area contributed by atoms with Crippen molar-refractivity contribution < 1.29 is 9.21 Å². The van der Waals surface area contributed by atoms with Crippen LogP contribution in [0.3, 0.4) is 0 Å². The summed E-state index contributed by atoms with van der Waals surface area (Å²) in [4.78, 5) is 27.3. The Kier molecular flexibility index (Phi) is 6.14. The molecule has 1 fully saturated rings. The molecule has 6 nitrogen and oxygen atoms in total. The van der Waals surface area contributed by atoms with Crippen molar-refractivity contribution in [1.29, 1.82) is 0 Å². The van der Waals surface area contributed by atoms with Crippen molar-refractivity contribution in [2.24, 2.45) is 0 Å². The van der Waals surface area contributed by atoms with Gasteiger partial charge in [0, 0.05) is 12.6 Å². The highest BCUT2D eigenvalue weighted by Crippen LogP contribution is 2.19. The van der Waals surface area contributed by atoms with Gasteiger partial charge in [-0.25, -0.2) is 4.79 Å². The van der Waals surface area contributed by atoms with Gasteiger partial charge < -0.3 is 9.73 Å². The van der Waals surface area contributed by atoms with Crippen LogP contribution in [0, 0.1) is 0 Å². The van der Waals surface area contributed by atoms with E-state index in [9.17, 15) is 9.59 Å². The lowest BCUT2D eigenvalue weighted by Gasteiger charge is -2.36. The summed E-state index contributed by atoms with van der Waals surface area (Å²) in [5.74, 6) is -0.629. The number of likely N-dealkylation sites (tertiary alicyclic amines) is 1. The number of piperidine rings is 1. The summed E-state index contributed by atoms with van der Waals surface area (Å²) in [7, 11) is 0. The van der Waals surface area contributed by atoms with Crippen LogP contribution in [0.2, 0.25) is 0 Å². The van der Waals surface area contributed by atoms with Crippen LogP contribution in [0.25, 0.3) is 11.1 Å². The van der Waals surface area contributed by atoms with E-state index in [1.807, 2.05) is 12.1 Å². The van der Waals surface area contributed by atoms with Gasteiger partial charge in [0.05, 0.1) is 5.52 Å². The van der Waals surface area contributed by atoms with E-state index in [1.165, 1.54) is 30.3 Å². The first-order chi connectivity index (χ1) is 12.6. The number of para-hydroxylation sites is 2. The predicted molar refractivity (Wildman–Crippen MR) is 102 cm³/mol. The second-order valence-electron chi connectivity index (χ2n) is 7.17. The molecule has 1 aromatic heterocycles. The third-order valence-electron chi connectivity index (χ3n) is 5.35. The zero-order valence-corrected chi connectivity index (χ0v) is 15.7. The third-order valence-corrected chi connectivity index (χ3v) is 5.35. The molecule has 2 atom stereocenters. The zero-order chi connectivity index (χ0) is 18.5. The van der Waals surface area contributed by atoms with Crippen molar-refractivity contribution in [2.75, 3.05) is 19.6 Å². The number of carbonyl (C=O) groups is 1. The van der Waals surface area contributed by atoms with E-state index < -0.39 is 11.8 Å². The van der Waals surface area contributed by atoms with E-state index in [0.717, 1.165) is 19.5 Å². The molecule has 0 bridgehead atoms. The molecule has 0 aliphatic carbocycles. The Labute approximate surface area is 154 Å². The van der Waals surface area contributed by atoms with Crippen molar-refractivity contribution in [3.05, 3.63) is 34.8 Å². The maximum Gasteiger partial charge on any atom is 0.420 e. The molecule has 26 heavy (non-hydrogen) atoms. The molecule has 6 heteroatoms. The van der Waals surface area contributed by atoms with E-state index in [2.05, 4.69) is 17.1 Å². The number of aromatic nitrogens is 1. The number of nitrogens with zero attached hydrogens (tertiary/aromatic N) is 2. The zero-order valence-electron chi connectivity index (χ0n) is 15.7. The molecule has 0 radical (unpaired) electrons. The number of nitrogens with one attached hydrogen (secondary N) is 1. The topological polar surface area (TPSA) is 67.5 Å². The Morgan fingerprint density at radius 3 is 2.96 bits per heavy atom. The fourth-order valence-corrected chi connectivity index (χ4v) is 3.78. The van der Waals surface area contributed by atoms with Gasteiger partial charge in [-0.2, -0.15) is 0 Å². The van der Waals surface area contributed by atoms with Crippen molar-refractivity contribution in [1.82, 2.24) is 14.8 Å². The fraction of sp³-hybridized carbons (Fsp3) is 0.600. The number of oxazole rings is 1. The van der Waals surface area contributed by atoms with E-state index in [-0.39, 0.29) is 5.91 Å². The minimum Gasteiger partial charge on any atom is -0.408 e. The van der Waals surface area contributed by atoms with Crippen LogP contribution in [-0.2, 0) is 4.79 Å². The molecule has 0 spiro atoms. The first-order valence-corrected chi connectivity index (χ1v) is 9.73. The first kappa shape index (κ1) is 18.7. The number of hydrogen-bond donors (Lipinski definition) is 1. The number of unbranched alkanes of at least 4 members (excludes halogenated alkanes) is 1. The van der Waals surface area contributed by atoms with Gasteiger partial charge in [0.25, 0.3) is 0 Å². The number of carbonyl (C=O) groups excluding carboxylic acids is 1. The lowest BCUT2D eigenvalue weighted by atomic mass is 10.0. The van der Waals surface area contributed by atoms with Crippen molar-refractivity contribution in [2.45, 2.75) is 58.0 Å². The minimum atomic E-state index is -0.598. The van der Waals surface area contributed by atoms with Gasteiger partial charge in [-0.15, -0.1) is 0 Å². The Bertz CT molecular complexity index is 795. The molecule has 0 saturated carbocycles. The van der Waals surface area contributed by atoms with Crippen molar-refractivity contribution in [3.8, 4) is 0 Å². The van der Waals surface area contributed by atoms with Gasteiger partial charge in [-0.3, -0.25) is 14.3 Å². The third kappa shape index (κ3) is 4.01. The van der Waals surface area contributed by atoms with Crippen molar-refractivity contribution in [3.63, 3.8) is 0 Å². The summed E-state index contributed by atoms with van der Waals surface area (Å²) < 4.78 is 6.68. The van der Waals surface area contributed by atoms with Crippen molar-refractivity contribution >= 4 is 17.0 Å². The Morgan fingerprint density at radius 1 is 1.35 bits per heavy atom. The van der Waals surface area contributed by atoms with E-state index >= 15 is 0 Å². The molecule has 2 heterocycles. The fourth-order valence-electron chi connectivity index (χ4n) is 3.78. The summed E-state index contributed by atoms with van der Waals surface area (Å²) in [5.41, 5.74) is 1.16. The van der Waals surface area contributed by atoms with Gasteiger partial charge >= 0.3 is 5.76 Å². The van der Waals surface area contributed by atoms with Gasteiger partial charge in [-0.05, 0) is 51.4 Å². The predicted octanol–water partition coefficient (Wildman–Crippen LogP) is 2.93. The second-order valence-corrected chi connectivity index (χ2v) is 7.17. The summed E-state index contributed by atoms with van der Waals surface area (Å²) in [6.07, 6.45) is 5.94. The molecule has 1 saturated heterocycles. The van der Waals surface area contributed by atoms with Gasteiger partial charge in [0.2, 0.25) is 5.91 Å². The van der Waals surface area contributed by atoms with Crippen LogP contribution < -0.4 is 11.1 Å². The second kappa shape index (κ2) is 8.54.